The SMILES string of the molecule is CCc1ccc(OC(CC)C(=O)NC(C)c2cc(OC)ccc2OC)cc1. The minimum atomic E-state index is -0.559. The molecule has 0 aliphatic heterocycles. The third-order valence-corrected chi connectivity index (χ3v) is 4.54. The Morgan fingerprint density at radius 2 is 1.67 bits per heavy atom. The molecule has 27 heavy (non-hydrogen) atoms. The van der Waals surface area contributed by atoms with E-state index in [1.807, 2.05) is 56.3 Å². The number of amides is 1. The molecule has 2 aromatic rings. The fraction of sp³-hybridized carbons (Fsp3) is 0.409. The molecular formula is C22H29NO4. The van der Waals surface area contributed by atoms with Crippen molar-refractivity contribution in [2.24, 2.45) is 0 Å². The average Bonchev–Trinajstić information content (AvgIpc) is 2.71. The van der Waals surface area contributed by atoms with Gasteiger partial charge in [0, 0.05) is 5.56 Å². The molecule has 0 spiro atoms. The number of rotatable bonds is 9. The van der Waals surface area contributed by atoms with E-state index in [1.54, 1.807) is 14.2 Å². The van der Waals surface area contributed by atoms with E-state index in [9.17, 15) is 4.79 Å². The minimum Gasteiger partial charge on any atom is -0.497 e. The van der Waals surface area contributed by atoms with Crippen molar-refractivity contribution >= 4 is 5.91 Å². The molecular weight excluding hydrogens is 342 g/mol. The summed E-state index contributed by atoms with van der Waals surface area (Å²) in [5.41, 5.74) is 2.09. The Balaban J connectivity index is 2.08. The Hall–Kier alpha value is -2.69. The van der Waals surface area contributed by atoms with Crippen molar-refractivity contribution in [3.8, 4) is 17.2 Å². The van der Waals surface area contributed by atoms with Crippen LogP contribution in [0.25, 0.3) is 0 Å². The summed E-state index contributed by atoms with van der Waals surface area (Å²) in [4.78, 5) is 12.7. The standard InChI is InChI=1S/C22H29NO4/c1-6-16-8-10-17(11-9-16)27-20(7-2)22(24)23-15(3)19-14-18(25-4)12-13-21(19)26-5/h8-15,20H,6-7H2,1-5H3,(H,23,24). The highest BCUT2D eigenvalue weighted by atomic mass is 16.5. The van der Waals surface area contributed by atoms with Gasteiger partial charge in [-0.3, -0.25) is 4.79 Å². The van der Waals surface area contributed by atoms with Crippen LogP contribution in [0.3, 0.4) is 0 Å². The van der Waals surface area contributed by atoms with Gasteiger partial charge in [-0.1, -0.05) is 26.0 Å². The molecule has 0 fully saturated rings. The highest BCUT2D eigenvalue weighted by Crippen LogP contribution is 2.29. The van der Waals surface area contributed by atoms with Crippen molar-refractivity contribution in [1.82, 2.24) is 5.32 Å². The van der Waals surface area contributed by atoms with E-state index in [0.717, 1.165) is 12.0 Å². The number of ether oxygens (including phenoxy) is 3. The molecule has 0 saturated carbocycles. The Labute approximate surface area is 161 Å². The summed E-state index contributed by atoms with van der Waals surface area (Å²) >= 11 is 0. The van der Waals surface area contributed by atoms with Gasteiger partial charge < -0.3 is 19.5 Å². The van der Waals surface area contributed by atoms with E-state index < -0.39 is 6.10 Å². The van der Waals surface area contributed by atoms with Crippen molar-refractivity contribution in [2.45, 2.75) is 45.8 Å². The largest absolute Gasteiger partial charge is 0.497 e. The Morgan fingerprint density at radius 1 is 1.00 bits per heavy atom. The van der Waals surface area contributed by atoms with Crippen LogP contribution in [0.4, 0.5) is 0 Å². The van der Waals surface area contributed by atoms with Gasteiger partial charge in [-0.15, -0.1) is 0 Å². The highest BCUT2D eigenvalue weighted by Gasteiger charge is 2.22. The summed E-state index contributed by atoms with van der Waals surface area (Å²) in [7, 11) is 3.22. The van der Waals surface area contributed by atoms with Crippen LogP contribution in [-0.4, -0.2) is 26.2 Å². The molecule has 2 rings (SSSR count). The van der Waals surface area contributed by atoms with Crippen LogP contribution in [0.1, 0.15) is 44.4 Å². The summed E-state index contributed by atoms with van der Waals surface area (Å²) in [5, 5.41) is 3.02. The molecule has 2 aromatic carbocycles. The lowest BCUT2D eigenvalue weighted by atomic mass is 10.1. The molecule has 0 saturated heterocycles. The number of hydrogen-bond acceptors (Lipinski definition) is 4. The van der Waals surface area contributed by atoms with Gasteiger partial charge in [-0.25, -0.2) is 0 Å². The molecule has 1 amide bonds. The van der Waals surface area contributed by atoms with E-state index in [1.165, 1.54) is 5.56 Å². The van der Waals surface area contributed by atoms with Crippen molar-refractivity contribution in [3.63, 3.8) is 0 Å². The van der Waals surface area contributed by atoms with E-state index in [0.29, 0.717) is 23.7 Å². The van der Waals surface area contributed by atoms with Crippen LogP contribution in [-0.2, 0) is 11.2 Å². The molecule has 0 aliphatic rings. The highest BCUT2D eigenvalue weighted by molar-refractivity contribution is 5.81. The second kappa shape index (κ2) is 9.86. The van der Waals surface area contributed by atoms with Gasteiger partial charge in [0.1, 0.15) is 17.2 Å². The third-order valence-electron chi connectivity index (χ3n) is 4.54. The first-order valence-corrected chi connectivity index (χ1v) is 9.30. The first-order valence-electron chi connectivity index (χ1n) is 9.30. The first-order chi connectivity index (χ1) is 13.0. The molecule has 0 heterocycles. The van der Waals surface area contributed by atoms with Crippen molar-refractivity contribution in [3.05, 3.63) is 53.6 Å². The topological polar surface area (TPSA) is 56.8 Å². The Bertz CT molecular complexity index is 742. The van der Waals surface area contributed by atoms with Crippen LogP contribution in [0, 0.1) is 0 Å². The lowest BCUT2D eigenvalue weighted by Gasteiger charge is -2.22. The number of hydrogen-bond donors (Lipinski definition) is 1. The zero-order valence-electron chi connectivity index (χ0n) is 16.7. The van der Waals surface area contributed by atoms with Crippen LogP contribution in [0.5, 0.6) is 17.2 Å². The molecule has 5 nitrogen and oxygen atoms in total. The number of nitrogens with one attached hydrogen (secondary N) is 1. The summed E-state index contributed by atoms with van der Waals surface area (Å²) in [6, 6.07) is 13.1. The Morgan fingerprint density at radius 3 is 2.22 bits per heavy atom. The number of aryl methyl sites for hydroxylation is 1. The number of benzene rings is 2. The predicted molar refractivity (Wildman–Crippen MR) is 107 cm³/mol. The minimum absolute atomic E-state index is 0.158. The smallest absolute Gasteiger partial charge is 0.261 e. The second-order valence-corrected chi connectivity index (χ2v) is 6.35. The van der Waals surface area contributed by atoms with Gasteiger partial charge in [-0.2, -0.15) is 0 Å². The van der Waals surface area contributed by atoms with E-state index in [4.69, 9.17) is 14.2 Å². The molecule has 2 atom stereocenters. The van der Waals surface area contributed by atoms with E-state index in [2.05, 4.69) is 12.2 Å². The second-order valence-electron chi connectivity index (χ2n) is 6.35. The normalized spacial score (nSPS) is 12.8. The van der Waals surface area contributed by atoms with Crippen LogP contribution >= 0.6 is 0 Å². The van der Waals surface area contributed by atoms with Crippen LogP contribution in [0.15, 0.2) is 42.5 Å². The molecule has 1 N–H and O–H groups in total. The molecule has 0 aromatic heterocycles. The van der Waals surface area contributed by atoms with Crippen molar-refractivity contribution < 1.29 is 19.0 Å². The molecule has 5 heteroatoms. The lowest BCUT2D eigenvalue weighted by Crippen LogP contribution is -2.39. The predicted octanol–water partition coefficient (Wildman–Crippen LogP) is 4.30. The molecule has 146 valence electrons. The quantitative estimate of drug-likeness (QED) is 0.714. The summed E-state index contributed by atoms with van der Waals surface area (Å²) in [5.74, 6) is 1.95. The Kier molecular flexibility index (Phi) is 7.53. The monoisotopic (exact) mass is 371 g/mol. The van der Waals surface area contributed by atoms with Gasteiger partial charge in [0.2, 0.25) is 0 Å². The average molecular weight is 371 g/mol. The van der Waals surface area contributed by atoms with Gasteiger partial charge in [-0.05, 0) is 55.7 Å². The van der Waals surface area contributed by atoms with Gasteiger partial charge in [0.05, 0.1) is 20.3 Å². The molecule has 0 aliphatic carbocycles. The molecule has 0 bridgehead atoms. The van der Waals surface area contributed by atoms with Gasteiger partial charge in [0.25, 0.3) is 5.91 Å². The maximum Gasteiger partial charge on any atom is 0.261 e. The fourth-order valence-electron chi connectivity index (χ4n) is 2.85. The zero-order valence-corrected chi connectivity index (χ0v) is 16.7. The van der Waals surface area contributed by atoms with E-state index >= 15 is 0 Å². The lowest BCUT2D eigenvalue weighted by molar-refractivity contribution is -0.128. The van der Waals surface area contributed by atoms with E-state index in [-0.39, 0.29) is 11.9 Å². The first kappa shape index (κ1) is 20.6. The van der Waals surface area contributed by atoms with Gasteiger partial charge in [0.15, 0.2) is 6.10 Å². The summed E-state index contributed by atoms with van der Waals surface area (Å²) in [6.45, 7) is 5.95. The maximum atomic E-state index is 12.7. The van der Waals surface area contributed by atoms with Crippen molar-refractivity contribution in [1.29, 1.82) is 0 Å². The third kappa shape index (κ3) is 5.39. The van der Waals surface area contributed by atoms with Gasteiger partial charge >= 0.3 is 0 Å². The van der Waals surface area contributed by atoms with Crippen LogP contribution in [0.2, 0.25) is 0 Å². The maximum absolute atomic E-state index is 12.7. The van der Waals surface area contributed by atoms with Crippen molar-refractivity contribution in [2.75, 3.05) is 14.2 Å². The number of methoxy groups -OCH3 is 2. The number of carbonyl (C=O) groups is 1. The summed E-state index contributed by atoms with van der Waals surface area (Å²) < 4.78 is 16.6. The molecule has 0 radical (unpaired) electrons. The number of carbonyl (C=O) groups excluding carboxylic acids is 1. The fourth-order valence-corrected chi connectivity index (χ4v) is 2.85. The molecule has 2 unspecified atom stereocenters. The zero-order chi connectivity index (χ0) is 19.8. The van der Waals surface area contributed by atoms with Crippen LogP contribution < -0.4 is 19.5 Å². The summed E-state index contributed by atoms with van der Waals surface area (Å²) in [6.07, 6.45) is 0.984.